The van der Waals surface area contributed by atoms with Crippen LogP contribution >= 0.6 is 11.6 Å². The van der Waals surface area contributed by atoms with E-state index in [1.807, 2.05) is 5.38 Å². The highest BCUT2D eigenvalue weighted by Gasteiger charge is 2.63. The summed E-state index contributed by atoms with van der Waals surface area (Å²) in [6.07, 6.45) is -4.19. The first-order chi connectivity index (χ1) is 16.4. The molecule has 0 radical (unpaired) electrons. The number of esters is 2. The van der Waals surface area contributed by atoms with E-state index >= 15 is 4.39 Å². The number of nitrogen functional groups attached to an aromatic ring is 1. The van der Waals surface area contributed by atoms with Gasteiger partial charge >= 0.3 is 11.9 Å². The van der Waals surface area contributed by atoms with E-state index in [2.05, 4.69) is 20.9 Å². The molecule has 190 valence electrons. The van der Waals surface area contributed by atoms with Gasteiger partial charge in [-0.3, -0.25) is 14.2 Å². The lowest BCUT2D eigenvalue weighted by molar-refractivity contribution is -0.171. The summed E-state index contributed by atoms with van der Waals surface area (Å²) in [5, 5.41) is 2.03. The molecule has 35 heavy (non-hydrogen) atoms. The summed E-state index contributed by atoms with van der Waals surface area (Å²) in [7, 11) is 1.37. The Morgan fingerprint density at radius 1 is 1.23 bits per heavy atom. The van der Waals surface area contributed by atoms with Crippen LogP contribution < -0.4 is 10.5 Å². The van der Waals surface area contributed by atoms with Crippen molar-refractivity contribution in [1.82, 2.24) is 19.5 Å². The number of alkyl halides is 1. The minimum Gasteiger partial charge on any atom is -0.479 e. The molecule has 13 heteroatoms. The molecule has 1 fully saturated rings. The third kappa shape index (κ3) is 4.97. The first-order valence-corrected chi connectivity index (χ1v) is 11.2. The number of hydrogen-bond donors (Lipinski definition) is 1. The zero-order valence-corrected chi connectivity index (χ0v) is 20.9. The maximum absolute atomic E-state index is 16.8. The van der Waals surface area contributed by atoms with Gasteiger partial charge in [0.25, 0.3) is 5.67 Å². The molecule has 5 atom stereocenters. The van der Waals surface area contributed by atoms with Gasteiger partial charge in [0.1, 0.15) is 12.2 Å². The molecule has 1 aliphatic rings. The Bertz CT molecular complexity index is 1180. The van der Waals surface area contributed by atoms with Gasteiger partial charge in [-0.2, -0.15) is 9.97 Å². The Labute approximate surface area is 206 Å². The summed E-state index contributed by atoms with van der Waals surface area (Å²) in [4.78, 5) is 37.0. The van der Waals surface area contributed by atoms with Crippen LogP contribution in [0.1, 0.15) is 40.8 Å². The van der Waals surface area contributed by atoms with Crippen LogP contribution in [0.25, 0.3) is 11.2 Å². The van der Waals surface area contributed by atoms with E-state index in [9.17, 15) is 9.59 Å². The molecule has 1 saturated heterocycles. The Kier molecular flexibility index (Phi) is 7.71. The number of hydrogen-bond acceptors (Lipinski definition) is 10. The van der Waals surface area contributed by atoms with Crippen molar-refractivity contribution < 1.29 is 32.9 Å². The van der Waals surface area contributed by atoms with Gasteiger partial charge in [0, 0.05) is 5.38 Å². The highest BCUT2D eigenvalue weighted by molar-refractivity contribution is 6.30. The van der Waals surface area contributed by atoms with Crippen LogP contribution in [0.15, 0.2) is 6.33 Å². The number of carbonyl (C=O) groups excluding carboxylic acids is 2. The fourth-order valence-corrected chi connectivity index (χ4v) is 3.69. The SMILES string of the molecule is COc1nc(N)nc2c1ncn2[C@@H]1O[C@H](C(C)OC(=O)C(C)C)[C@@H](OC(=O)C(C)C)[C@]1(F)C#CCl. The number of methoxy groups -OCH3 is 1. The molecule has 11 nitrogen and oxygen atoms in total. The van der Waals surface area contributed by atoms with E-state index in [0.29, 0.717) is 0 Å². The highest BCUT2D eigenvalue weighted by atomic mass is 35.5. The number of nitrogens with zero attached hydrogens (tertiary/aromatic N) is 4. The second kappa shape index (κ2) is 10.2. The van der Waals surface area contributed by atoms with Crippen molar-refractivity contribution in [1.29, 1.82) is 0 Å². The number of carbonyl (C=O) groups is 2. The maximum atomic E-state index is 16.8. The smallest absolute Gasteiger partial charge is 0.308 e. The van der Waals surface area contributed by atoms with Crippen molar-refractivity contribution >= 4 is 40.7 Å². The summed E-state index contributed by atoms with van der Waals surface area (Å²) in [5.41, 5.74) is 3.37. The summed E-state index contributed by atoms with van der Waals surface area (Å²) in [6, 6.07) is 0. The quantitative estimate of drug-likeness (QED) is 0.435. The lowest BCUT2D eigenvalue weighted by atomic mass is 9.94. The Morgan fingerprint density at radius 2 is 1.89 bits per heavy atom. The maximum Gasteiger partial charge on any atom is 0.308 e. The Balaban J connectivity index is 2.15. The summed E-state index contributed by atoms with van der Waals surface area (Å²) in [5.74, 6) is -0.0817. The molecule has 1 aliphatic heterocycles. The molecule has 2 aromatic rings. The zero-order valence-electron chi connectivity index (χ0n) is 20.1. The van der Waals surface area contributed by atoms with Gasteiger partial charge in [-0.05, 0) is 24.4 Å². The van der Waals surface area contributed by atoms with Gasteiger partial charge in [-0.25, -0.2) is 9.37 Å². The van der Waals surface area contributed by atoms with Crippen molar-refractivity contribution in [3.05, 3.63) is 6.33 Å². The van der Waals surface area contributed by atoms with Crippen LogP contribution in [0.2, 0.25) is 0 Å². The molecule has 0 bridgehead atoms. The lowest BCUT2D eigenvalue weighted by Crippen LogP contribution is -2.48. The molecule has 0 aromatic carbocycles. The highest BCUT2D eigenvalue weighted by Crippen LogP contribution is 2.46. The third-order valence-corrected chi connectivity index (χ3v) is 5.49. The van der Waals surface area contributed by atoms with Gasteiger partial charge in [-0.1, -0.05) is 27.7 Å². The molecule has 0 amide bonds. The van der Waals surface area contributed by atoms with Crippen LogP contribution in [0.5, 0.6) is 5.88 Å². The van der Waals surface area contributed by atoms with Crippen LogP contribution in [0.3, 0.4) is 0 Å². The largest absolute Gasteiger partial charge is 0.479 e. The first kappa shape index (κ1) is 26.4. The van der Waals surface area contributed by atoms with Crippen LogP contribution in [-0.2, 0) is 23.8 Å². The van der Waals surface area contributed by atoms with E-state index in [1.165, 1.54) is 24.9 Å². The van der Waals surface area contributed by atoms with E-state index < -0.39 is 54.0 Å². The molecule has 0 aliphatic carbocycles. The first-order valence-electron chi connectivity index (χ1n) is 10.9. The molecule has 1 unspecified atom stereocenters. The zero-order chi connectivity index (χ0) is 26.1. The van der Waals surface area contributed by atoms with Gasteiger partial charge in [0.15, 0.2) is 23.5 Å². The van der Waals surface area contributed by atoms with Crippen LogP contribution in [-0.4, -0.2) is 62.5 Å². The van der Waals surface area contributed by atoms with E-state index in [0.717, 1.165) is 0 Å². The number of halogens is 2. The van der Waals surface area contributed by atoms with Crippen LogP contribution in [0, 0.1) is 23.1 Å². The summed E-state index contributed by atoms with van der Waals surface area (Å²) >= 11 is 5.63. The molecular weight excluding hydrogens is 485 g/mol. The molecular formula is C22H27ClFN5O6. The monoisotopic (exact) mass is 511 g/mol. The van der Waals surface area contributed by atoms with Crippen LogP contribution in [0.4, 0.5) is 10.3 Å². The third-order valence-electron chi connectivity index (χ3n) is 5.40. The minimum atomic E-state index is -2.68. The minimum absolute atomic E-state index is 0.0655. The normalized spacial score (nSPS) is 24.8. The number of anilines is 1. The fraction of sp³-hybridized carbons (Fsp3) is 0.591. The molecule has 3 rings (SSSR count). The van der Waals surface area contributed by atoms with E-state index in [4.69, 9.17) is 36.3 Å². The molecule has 0 saturated carbocycles. The fourth-order valence-electron chi connectivity index (χ4n) is 3.55. The van der Waals surface area contributed by atoms with E-state index in [1.54, 1.807) is 27.7 Å². The molecule has 0 spiro atoms. The molecule has 3 heterocycles. The predicted molar refractivity (Wildman–Crippen MR) is 123 cm³/mol. The predicted octanol–water partition coefficient (Wildman–Crippen LogP) is 2.38. The average Bonchev–Trinajstić information content (AvgIpc) is 3.32. The standard InChI is InChI=1S/C22H27ClFN5O6/c1-10(2)18(30)33-12(5)14-15(35-19(31)11(3)4)22(24,7-8-23)20(34-14)29-9-26-13-16(29)27-21(25)28-17(13)32-6/h9-12,14-15,20H,1-6H3,(H2,25,27,28)/t12?,14-,15-,20-,22-/m1/s1. The number of rotatable bonds is 7. The molecule has 2 N–H and O–H groups in total. The number of imidazole rings is 1. The topological polar surface area (TPSA) is 141 Å². The Morgan fingerprint density at radius 3 is 2.46 bits per heavy atom. The van der Waals surface area contributed by atoms with Crippen molar-refractivity contribution in [2.75, 3.05) is 12.8 Å². The van der Waals surface area contributed by atoms with E-state index in [-0.39, 0.29) is 23.0 Å². The van der Waals surface area contributed by atoms with Gasteiger partial charge in [-0.15, -0.1) is 0 Å². The van der Waals surface area contributed by atoms with Gasteiger partial charge in [0.2, 0.25) is 11.8 Å². The van der Waals surface area contributed by atoms with Crippen molar-refractivity contribution in [3.63, 3.8) is 0 Å². The van der Waals surface area contributed by atoms with Crippen molar-refractivity contribution in [3.8, 4) is 17.2 Å². The van der Waals surface area contributed by atoms with Gasteiger partial charge in [0.05, 0.1) is 25.3 Å². The number of fused-ring (bicyclic) bond motifs is 1. The second-order valence-corrected chi connectivity index (χ2v) is 8.85. The van der Waals surface area contributed by atoms with Gasteiger partial charge < -0.3 is 24.7 Å². The lowest BCUT2D eigenvalue weighted by Gasteiger charge is -2.29. The summed E-state index contributed by atoms with van der Waals surface area (Å²) in [6.45, 7) is 7.99. The number of nitrogens with two attached hydrogens (primary N) is 1. The van der Waals surface area contributed by atoms with Crippen molar-refractivity contribution in [2.24, 2.45) is 11.8 Å². The molecule has 2 aromatic heterocycles. The summed E-state index contributed by atoms with van der Waals surface area (Å²) < 4.78 is 40.2. The number of ether oxygens (including phenoxy) is 4. The Hall–Kier alpha value is -3.17. The average molecular weight is 512 g/mol. The van der Waals surface area contributed by atoms with Crippen molar-refractivity contribution in [2.45, 2.75) is 64.8 Å². The number of aromatic nitrogens is 4. The second-order valence-electron chi connectivity index (χ2n) is 8.66.